The van der Waals surface area contributed by atoms with E-state index in [2.05, 4.69) is 33.3 Å². The summed E-state index contributed by atoms with van der Waals surface area (Å²) in [7, 11) is 0. The Balaban J connectivity index is 1.63. The first-order valence-electron chi connectivity index (χ1n) is 7.07. The summed E-state index contributed by atoms with van der Waals surface area (Å²) in [5, 5.41) is 12.2. The third-order valence-electron chi connectivity index (χ3n) is 4.19. The molecule has 2 aliphatic heterocycles. The summed E-state index contributed by atoms with van der Waals surface area (Å²) in [4.78, 5) is 5.05. The van der Waals surface area contributed by atoms with Crippen LogP contribution in [-0.2, 0) is 0 Å². The Morgan fingerprint density at radius 1 is 1.11 bits per heavy atom. The quantitative estimate of drug-likeness (QED) is 0.858. The maximum Gasteiger partial charge on any atom is 0.0991 e. The van der Waals surface area contributed by atoms with E-state index in [9.17, 15) is 0 Å². The zero-order valence-corrected chi connectivity index (χ0v) is 11.2. The normalized spacial score (nSPS) is 24.4. The number of piperazine rings is 1. The van der Waals surface area contributed by atoms with E-state index in [1.54, 1.807) is 0 Å². The summed E-state index contributed by atoms with van der Waals surface area (Å²) in [6.45, 7) is 6.82. The zero-order chi connectivity index (χ0) is 13.1. The second-order valence-electron chi connectivity index (χ2n) is 5.33. The van der Waals surface area contributed by atoms with E-state index in [4.69, 9.17) is 5.26 Å². The molecule has 2 saturated heterocycles. The molecule has 0 radical (unpaired) electrons. The van der Waals surface area contributed by atoms with Crippen LogP contribution in [0.3, 0.4) is 0 Å². The van der Waals surface area contributed by atoms with E-state index >= 15 is 0 Å². The highest BCUT2D eigenvalue weighted by atomic mass is 15.3. The van der Waals surface area contributed by atoms with Gasteiger partial charge in [-0.3, -0.25) is 4.90 Å². The fourth-order valence-electron chi connectivity index (χ4n) is 3.07. The molecule has 1 aromatic carbocycles. The number of anilines is 1. The van der Waals surface area contributed by atoms with Crippen LogP contribution in [-0.4, -0.2) is 50.2 Å². The molecule has 0 saturated carbocycles. The molecule has 2 heterocycles. The summed E-state index contributed by atoms with van der Waals surface area (Å²) >= 11 is 0. The molecule has 1 N–H and O–H groups in total. The lowest BCUT2D eigenvalue weighted by Gasteiger charge is -2.32. The smallest absolute Gasteiger partial charge is 0.0991 e. The van der Waals surface area contributed by atoms with Gasteiger partial charge in [0.05, 0.1) is 11.6 Å². The van der Waals surface area contributed by atoms with Gasteiger partial charge in [0, 0.05) is 51.0 Å². The highest BCUT2D eigenvalue weighted by Crippen LogP contribution is 2.23. The predicted octanol–water partition coefficient (Wildman–Crippen LogP) is 1.04. The van der Waals surface area contributed by atoms with Crippen molar-refractivity contribution >= 4 is 5.69 Å². The molecule has 3 rings (SSSR count). The Morgan fingerprint density at radius 3 is 2.53 bits per heavy atom. The van der Waals surface area contributed by atoms with Crippen LogP contribution in [0.25, 0.3) is 0 Å². The maximum absolute atomic E-state index is 8.83. The minimum atomic E-state index is 0.692. The van der Waals surface area contributed by atoms with E-state index in [0.717, 1.165) is 31.7 Å². The molecule has 2 fully saturated rings. The van der Waals surface area contributed by atoms with E-state index in [0.29, 0.717) is 6.04 Å². The van der Waals surface area contributed by atoms with Gasteiger partial charge >= 0.3 is 0 Å². The van der Waals surface area contributed by atoms with Gasteiger partial charge < -0.3 is 10.2 Å². The molecule has 100 valence electrons. The summed E-state index contributed by atoms with van der Waals surface area (Å²) in [6, 6.07) is 10.8. The van der Waals surface area contributed by atoms with Crippen LogP contribution in [0, 0.1) is 11.3 Å². The molecular weight excluding hydrogens is 236 g/mol. The van der Waals surface area contributed by atoms with Gasteiger partial charge in [0.15, 0.2) is 0 Å². The van der Waals surface area contributed by atoms with Crippen molar-refractivity contribution in [2.45, 2.75) is 12.5 Å². The van der Waals surface area contributed by atoms with Gasteiger partial charge in [0.1, 0.15) is 0 Å². The van der Waals surface area contributed by atoms with Crippen molar-refractivity contribution in [3.63, 3.8) is 0 Å². The number of benzene rings is 1. The van der Waals surface area contributed by atoms with Crippen molar-refractivity contribution in [2.75, 3.05) is 44.2 Å². The lowest BCUT2D eigenvalue weighted by Crippen LogP contribution is -2.49. The predicted molar refractivity (Wildman–Crippen MR) is 76.2 cm³/mol. The largest absolute Gasteiger partial charge is 0.370 e. The molecule has 4 nitrogen and oxygen atoms in total. The van der Waals surface area contributed by atoms with Crippen LogP contribution < -0.4 is 10.2 Å². The van der Waals surface area contributed by atoms with E-state index in [1.165, 1.54) is 25.2 Å². The van der Waals surface area contributed by atoms with Gasteiger partial charge in [-0.2, -0.15) is 5.26 Å². The highest BCUT2D eigenvalue weighted by Gasteiger charge is 2.28. The van der Waals surface area contributed by atoms with E-state index < -0.39 is 0 Å². The molecular formula is C15H20N4. The van der Waals surface area contributed by atoms with E-state index in [-0.39, 0.29) is 0 Å². The molecule has 1 aromatic rings. The second-order valence-corrected chi connectivity index (χ2v) is 5.33. The highest BCUT2D eigenvalue weighted by molar-refractivity contribution is 5.50. The van der Waals surface area contributed by atoms with Gasteiger partial charge in [0.25, 0.3) is 0 Å². The average Bonchev–Trinajstić information content (AvgIpc) is 2.98. The Kier molecular flexibility index (Phi) is 3.67. The van der Waals surface area contributed by atoms with Gasteiger partial charge in [-0.1, -0.05) is 0 Å². The first-order chi connectivity index (χ1) is 9.36. The van der Waals surface area contributed by atoms with Gasteiger partial charge in [0.2, 0.25) is 0 Å². The van der Waals surface area contributed by atoms with Gasteiger partial charge in [-0.25, -0.2) is 0 Å². The molecule has 2 aliphatic rings. The van der Waals surface area contributed by atoms with Crippen molar-refractivity contribution in [3.05, 3.63) is 29.8 Å². The number of nitrogens with one attached hydrogen (secondary N) is 1. The monoisotopic (exact) mass is 256 g/mol. The average molecular weight is 256 g/mol. The molecule has 1 unspecified atom stereocenters. The first kappa shape index (κ1) is 12.5. The number of hydrogen-bond acceptors (Lipinski definition) is 4. The fourth-order valence-corrected chi connectivity index (χ4v) is 3.07. The SMILES string of the molecule is N#Cc1ccc(N2CCC(N3CCNCC3)C2)cc1. The van der Waals surface area contributed by atoms with Crippen LogP contribution in [0.5, 0.6) is 0 Å². The second kappa shape index (κ2) is 5.60. The van der Waals surface area contributed by atoms with Crippen molar-refractivity contribution in [1.82, 2.24) is 10.2 Å². The fraction of sp³-hybridized carbons (Fsp3) is 0.533. The number of rotatable bonds is 2. The Hall–Kier alpha value is -1.57. The lowest BCUT2D eigenvalue weighted by molar-refractivity contribution is 0.185. The summed E-state index contributed by atoms with van der Waals surface area (Å²) in [6.07, 6.45) is 1.25. The van der Waals surface area contributed by atoms with Crippen molar-refractivity contribution < 1.29 is 0 Å². The standard InChI is InChI=1S/C15H20N4/c16-11-13-1-3-14(4-2-13)19-8-5-15(12-19)18-9-6-17-7-10-18/h1-4,15,17H,5-10,12H2. The molecule has 0 amide bonds. The zero-order valence-electron chi connectivity index (χ0n) is 11.2. The molecule has 1 atom stereocenters. The number of nitriles is 1. The summed E-state index contributed by atoms with van der Waals surface area (Å²) in [5.41, 5.74) is 1.98. The molecule has 0 spiro atoms. The molecule has 0 aromatic heterocycles. The maximum atomic E-state index is 8.83. The van der Waals surface area contributed by atoms with Crippen molar-refractivity contribution in [1.29, 1.82) is 5.26 Å². The molecule has 4 heteroatoms. The van der Waals surface area contributed by atoms with Crippen molar-refractivity contribution in [2.24, 2.45) is 0 Å². The molecule has 19 heavy (non-hydrogen) atoms. The van der Waals surface area contributed by atoms with Crippen LogP contribution in [0.15, 0.2) is 24.3 Å². The molecule has 0 bridgehead atoms. The van der Waals surface area contributed by atoms with Crippen LogP contribution >= 0.6 is 0 Å². The summed E-state index contributed by atoms with van der Waals surface area (Å²) in [5.74, 6) is 0. The van der Waals surface area contributed by atoms with Crippen LogP contribution in [0.2, 0.25) is 0 Å². The van der Waals surface area contributed by atoms with Gasteiger partial charge in [-0.15, -0.1) is 0 Å². The van der Waals surface area contributed by atoms with E-state index in [1.807, 2.05) is 12.1 Å². The number of hydrogen-bond donors (Lipinski definition) is 1. The minimum absolute atomic E-state index is 0.692. The minimum Gasteiger partial charge on any atom is -0.370 e. The third-order valence-corrected chi connectivity index (χ3v) is 4.19. The molecule has 0 aliphatic carbocycles. The Labute approximate surface area is 114 Å². The number of nitrogens with zero attached hydrogens (tertiary/aromatic N) is 3. The van der Waals surface area contributed by atoms with Gasteiger partial charge in [-0.05, 0) is 30.7 Å². The Bertz CT molecular complexity index is 456. The summed E-state index contributed by atoms with van der Waals surface area (Å²) < 4.78 is 0. The first-order valence-corrected chi connectivity index (χ1v) is 7.07. The van der Waals surface area contributed by atoms with Crippen molar-refractivity contribution in [3.8, 4) is 6.07 Å². The van der Waals surface area contributed by atoms with Crippen LogP contribution in [0.1, 0.15) is 12.0 Å². The Morgan fingerprint density at radius 2 is 1.84 bits per heavy atom. The van der Waals surface area contributed by atoms with Crippen LogP contribution in [0.4, 0.5) is 5.69 Å². The topological polar surface area (TPSA) is 42.3 Å². The third kappa shape index (κ3) is 2.73. The lowest BCUT2D eigenvalue weighted by atomic mass is 10.2.